The van der Waals surface area contributed by atoms with Crippen molar-refractivity contribution >= 4 is 23.4 Å². The van der Waals surface area contributed by atoms with Gasteiger partial charge < -0.3 is 10.2 Å². The number of piperidine rings is 1. The topological polar surface area (TPSA) is 79.3 Å². The number of carbonyl (C=O) groups is 2. The Kier molecular flexibility index (Phi) is 8.94. The fourth-order valence-electron chi connectivity index (χ4n) is 5.38. The van der Waals surface area contributed by atoms with Crippen molar-refractivity contribution in [3.8, 4) is 5.69 Å². The number of halogens is 1. The van der Waals surface area contributed by atoms with Crippen LogP contribution in [0.2, 0.25) is 0 Å². The van der Waals surface area contributed by atoms with Crippen LogP contribution in [0.4, 0.5) is 20.7 Å². The van der Waals surface area contributed by atoms with Crippen LogP contribution in [0.3, 0.4) is 0 Å². The average molecular weight is 582 g/mol. The highest BCUT2D eigenvalue weighted by molar-refractivity contribution is 5.99. The van der Waals surface area contributed by atoms with Gasteiger partial charge in [-0.1, -0.05) is 62.7 Å². The van der Waals surface area contributed by atoms with E-state index in [1.54, 1.807) is 16.8 Å². The lowest BCUT2D eigenvalue weighted by atomic mass is 9.90. The largest absolute Gasteiger partial charge is 0.342 e. The molecular formula is C35H40FN5O2. The molecule has 0 saturated carbocycles. The van der Waals surface area contributed by atoms with Crippen LogP contribution in [0.25, 0.3) is 5.69 Å². The highest BCUT2D eigenvalue weighted by atomic mass is 19.1. The van der Waals surface area contributed by atoms with Crippen LogP contribution < -0.4 is 10.6 Å². The molecule has 4 aromatic rings. The molecule has 7 nitrogen and oxygen atoms in total. The van der Waals surface area contributed by atoms with Gasteiger partial charge in [0.25, 0.3) is 0 Å². The zero-order chi connectivity index (χ0) is 30.6. The standard InChI is InChI=1S/C35H40FN5O2/c1-24-8-14-30(15-9-24)41-32(23-31(39-41)35(2,3)4)38-34(43)37-29-12-10-25(11-13-29)20-26-16-18-40(19-17-26)33(42)22-27-6-5-7-28(36)21-27/h5-15,21,23,26H,16-20,22H2,1-4H3,(H2,37,38,43). The summed E-state index contributed by atoms with van der Waals surface area (Å²) in [6.45, 7) is 9.76. The van der Waals surface area contributed by atoms with Crippen molar-refractivity contribution < 1.29 is 14.0 Å². The number of nitrogens with zero attached hydrogens (tertiary/aromatic N) is 3. The van der Waals surface area contributed by atoms with E-state index in [1.807, 2.05) is 66.4 Å². The maximum absolute atomic E-state index is 13.5. The molecule has 1 aliphatic rings. The number of carbonyl (C=O) groups excluding carboxylic acids is 2. The second kappa shape index (κ2) is 12.8. The third-order valence-corrected chi connectivity index (χ3v) is 7.95. The summed E-state index contributed by atoms with van der Waals surface area (Å²) in [5, 5.41) is 10.7. The van der Waals surface area contributed by atoms with E-state index in [4.69, 9.17) is 5.10 Å². The van der Waals surface area contributed by atoms with Crippen LogP contribution in [0.1, 0.15) is 56.0 Å². The number of aromatic nitrogens is 2. The van der Waals surface area contributed by atoms with E-state index < -0.39 is 0 Å². The smallest absolute Gasteiger partial charge is 0.324 e. The molecule has 2 N–H and O–H groups in total. The van der Waals surface area contributed by atoms with Crippen LogP contribution in [0.15, 0.2) is 78.9 Å². The summed E-state index contributed by atoms with van der Waals surface area (Å²) in [5.74, 6) is 0.823. The summed E-state index contributed by atoms with van der Waals surface area (Å²) in [5.41, 5.74) is 5.35. The van der Waals surface area contributed by atoms with Crippen molar-refractivity contribution in [3.63, 3.8) is 0 Å². The second-order valence-electron chi connectivity index (χ2n) is 12.5. The van der Waals surface area contributed by atoms with Crippen LogP contribution in [-0.2, 0) is 23.1 Å². The highest BCUT2D eigenvalue weighted by Gasteiger charge is 2.24. The monoisotopic (exact) mass is 581 g/mol. The van der Waals surface area contributed by atoms with Gasteiger partial charge in [-0.2, -0.15) is 5.10 Å². The molecule has 1 aromatic heterocycles. The fraction of sp³-hybridized carbons (Fsp3) is 0.343. The fourth-order valence-corrected chi connectivity index (χ4v) is 5.38. The summed E-state index contributed by atoms with van der Waals surface area (Å²) < 4.78 is 15.2. The predicted molar refractivity (Wildman–Crippen MR) is 169 cm³/mol. The Bertz CT molecular complexity index is 1560. The maximum atomic E-state index is 13.5. The molecule has 224 valence electrons. The van der Waals surface area contributed by atoms with Gasteiger partial charge in [-0.3, -0.25) is 10.1 Å². The molecule has 0 aliphatic carbocycles. The first kappa shape index (κ1) is 30.0. The SMILES string of the molecule is Cc1ccc(-n2nc(C(C)(C)C)cc2NC(=O)Nc2ccc(CC3CCN(C(=O)Cc4cccc(F)c4)CC3)cc2)cc1. The predicted octanol–water partition coefficient (Wildman–Crippen LogP) is 7.29. The molecule has 8 heteroatoms. The minimum atomic E-state index is -0.336. The van der Waals surface area contributed by atoms with Gasteiger partial charge in [-0.05, 0) is 79.6 Å². The number of anilines is 2. The maximum Gasteiger partial charge on any atom is 0.324 e. The van der Waals surface area contributed by atoms with Gasteiger partial charge in [-0.15, -0.1) is 0 Å². The number of aryl methyl sites for hydroxylation is 1. The molecule has 0 bridgehead atoms. The Morgan fingerprint density at radius 1 is 0.907 bits per heavy atom. The number of hydrogen-bond acceptors (Lipinski definition) is 3. The van der Waals surface area contributed by atoms with Gasteiger partial charge in [0.1, 0.15) is 11.6 Å². The van der Waals surface area contributed by atoms with Crippen LogP contribution in [-0.4, -0.2) is 39.7 Å². The summed E-state index contributed by atoms with van der Waals surface area (Å²) in [6.07, 6.45) is 3.02. The number of urea groups is 1. The Labute approximate surface area is 253 Å². The molecule has 0 unspecified atom stereocenters. The number of benzene rings is 3. The van der Waals surface area contributed by atoms with E-state index >= 15 is 0 Å². The molecule has 1 saturated heterocycles. The van der Waals surface area contributed by atoms with Gasteiger partial charge in [0, 0.05) is 30.3 Å². The summed E-state index contributed by atoms with van der Waals surface area (Å²) >= 11 is 0. The number of nitrogens with one attached hydrogen (secondary N) is 2. The Morgan fingerprint density at radius 3 is 2.26 bits per heavy atom. The minimum Gasteiger partial charge on any atom is -0.342 e. The first-order chi connectivity index (χ1) is 20.5. The first-order valence-corrected chi connectivity index (χ1v) is 14.9. The Balaban J connectivity index is 1.14. The lowest BCUT2D eigenvalue weighted by Crippen LogP contribution is -2.39. The summed E-state index contributed by atoms with van der Waals surface area (Å²) in [4.78, 5) is 27.6. The third kappa shape index (κ3) is 7.89. The lowest BCUT2D eigenvalue weighted by Gasteiger charge is -2.32. The average Bonchev–Trinajstić information content (AvgIpc) is 3.39. The Hall–Kier alpha value is -4.46. The van der Waals surface area contributed by atoms with Gasteiger partial charge >= 0.3 is 6.03 Å². The van der Waals surface area contributed by atoms with Crippen LogP contribution in [0, 0.1) is 18.7 Å². The molecule has 3 aromatic carbocycles. The van der Waals surface area contributed by atoms with Crippen molar-refractivity contribution in [2.24, 2.45) is 5.92 Å². The zero-order valence-electron chi connectivity index (χ0n) is 25.4. The highest BCUT2D eigenvalue weighted by Crippen LogP contribution is 2.27. The molecule has 3 amide bonds. The quantitative estimate of drug-likeness (QED) is 0.241. The summed E-state index contributed by atoms with van der Waals surface area (Å²) in [7, 11) is 0. The molecule has 43 heavy (non-hydrogen) atoms. The molecule has 1 fully saturated rings. The number of likely N-dealkylation sites (tertiary alicyclic amines) is 1. The van der Waals surface area contributed by atoms with Gasteiger partial charge in [0.05, 0.1) is 17.8 Å². The third-order valence-electron chi connectivity index (χ3n) is 7.95. The van der Waals surface area contributed by atoms with Crippen molar-refractivity contribution in [3.05, 3.63) is 107 Å². The van der Waals surface area contributed by atoms with Crippen molar-refractivity contribution in [2.75, 3.05) is 23.7 Å². The van der Waals surface area contributed by atoms with E-state index in [9.17, 15) is 14.0 Å². The number of hydrogen-bond donors (Lipinski definition) is 2. The van der Waals surface area contributed by atoms with E-state index in [1.165, 1.54) is 17.7 Å². The van der Waals surface area contributed by atoms with E-state index in [0.29, 0.717) is 36.1 Å². The molecule has 5 rings (SSSR count). The molecule has 0 radical (unpaired) electrons. The molecule has 2 heterocycles. The van der Waals surface area contributed by atoms with Crippen LogP contribution in [0.5, 0.6) is 0 Å². The van der Waals surface area contributed by atoms with Gasteiger partial charge in [0.2, 0.25) is 5.91 Å². The van der Waals surface area contributed by atoms with E-state index in [-0.39, 0.29) is 29.6 Å². The number of rotatable bonds is 7. The lowest BCUT2D eigenvalue weighted by molar-refractivity contribution is -0.131. The molecule has 0 spiro atoms. The molecule has 1 aliphatic heterocycles. The first-order valence-electron chi connectivity index (χ1n) is 14.9. The van der Waals surface area contributed by atoms with Gasteiger partial charge in [-0.25, -0.2) is 13.9 Å². The van der Waals surface area contributed by atoms with Crippen molar-refractivity contribution in [1.82, 2.24) is 14.7 Å². The normalized spacial score (nSPS) is 14.0. The minimum absolute atomic E-state index is 0.0503. The number of amides is 3. The van der Waals surface area contributed by atoms with Gasteiger partial charge in [0.15, 0.2) is 0 Å². The second-order valence-corrected chi connectivity index (χ2v) is 12.5. The van der Waals surface area contributed by atoms with E-state index in [2.05, 4.69) is 31.4 Å². The van der Waals surface area contributed by atoms with Crippen LogP contribution >= 0.6 is 0 Å². The molecular weight excluding hydrogens is 541 g/mol. The van der Waals surface area contributed by atoms with Crippen molar-refractivity contribution in [1.29, 1.82) is 0 Å². The molecule has 0 atom stereocenters. The summed E-state index contributed by atoms with van der Waals surface area (Å²) in [6, 6.07) is 23.8. The van der Waals surface area contributed by atoms with E-state index in [0.717, 1.165) is 36.2 Å². The Morgan fingerprint density at radius 2 is 1.60 bits per heavy atom. The van der Waals surface area contributed by atoms with Crippen molar-refractivity contribution in [2.45, 2.75) is 58.8 Å². The zero-order valence-corrected chi connectivity index (χ0v) is 25.4.